The van der Waals surface area contributed by atoms with Crippen LogP contribution < -0.4 is 10.1 Å². The van der Waals surface area contributed by atoms with E-state index in [1.165, 1.54) is 0 Å². The lowest BCUT2D eigenvalue weighted by Crippen LogP contribution is -2.33. The molecule has 2 rings (SSSR count). The van der Waals surface area contributed by atoms with Crippen molar-refractivity contribution in [1.29, 1.82) is 0 Å². The zero-order chi connectivity index (χ0) is 13.2. The Hall–Kier alpha value is -0.930. The number of anilines is 1. The van der Waals surface area contributed by atoms with Crippen LogP contribution in [0.5, 0.6) is 5.75 Å². The molecule has 100 valence electrons. The summed E-state index contributed by atoms with van der Waals surface area (Å²) in [6, 6.07) is 3.76. The molecule has 2 N–H and O–H groups in total. The minimum atomic E-state index is -0.571. The van der Waals surface area contributed by atoms with Gasteiger partial charge >= 0.3 is 0 Å². The molecule has 1 aliphatic rings. The average Bonchev–Trinajstić information content (AvgIpc) is 2.78. The fraction of sp³-hybridized carbons (Fsp3) is 0.571. The maximum absolute atomic E-state index is 10.3. The number of hydrogen-bond acceptors (Lipinski definition) is 3. The molecule has 1 saturated carbocycles. The Morgan fingerprint density at radius 3 is 2.67 bits per heavy atom. The van der Waals surface area contributed by atoms with Gasteiger partial charge in [0, 0.05) is 17.6 Å². The Balaban J connectivity index is 2.10. The van der Waals surface area contributed by atoms with E-state index in [4.69, 9.17) is 16.3 Å². The van der Waals surface area contributed by atoms with Crippen LogP contribution in [0.4, 0.5) is 5.69 Å². The Labute approximate surface area is 113 Å². The molecule has 0 aliphatic heterocycles. The summed E-state index contributed by atoms with van der Waals surface area (Å²) in [5.74, 6) is 0.715. The third-order valence-corrected chi connectivity index (χ3v) is 4.03. The van der Waals surface area contributed by atoms with E-state index in [0.29, 0.717) is 17.3 Å². The number of rotatable bonds is 4. The van der Waals surface area contributed by atoms with Gasteiger partial charge < -0.3 is 15.2 Å². The van der Waals surface area contributed by atoms with Crippen LogP contribution in [0.3, 0.4) is 0 Å². The summed E-state index contributed by atoms with van der Waals surface area (Å²) in [7, 11) is 1.62. The van der Waals surface area contributed by atoms with Gasteiger partial charge in [0.15, 0.2) is 0 Å². The maximum atomic E-state index is 10.3. The number of methoxy groups -OCH3 is 1. The molecule has 1 aromatic rings. The van der Waals surface area contributed by atoms with Crippen LogP contribution in [0.25, 0.3) is 0 Å². The van der Waals surface area contributed by atoms with Crippen molar-refractivity contribution in [3.63, 3.8) is 0 Å². The summed E-state index contributed by atoms with van der Waals surface area (Å²) in [5, 5.41) is 14.3. The first kappa shape index (κ1) is 13.5. The number of aryl methyl sites for hydroxylation is 1. The van der Waals surface area contributed by atoms with Crippen LogP contribution in [0.2, 0.25) is 5.02 Å². The van der Waals surface area contributed by atoms with Crippen molar-refractivity contribution in [3.8, 4) is 5.75 Å². The molecule has 0 amide bonds. The lowest BCUT2D eigenvalue weighted by Gasteiger charge is -2.24. The highest BCUT2D eigenvalue weighted by Crippen LogP contribution is 2.33. The molecule has 0 heterocycles. The first-order chi connectivity index (χ1) is 8.54. The number of benzene rings is 1. The van der Waals surface area contributed by atoms with Gasteiger partial charge in [-0.05, 0) is 31.4 Å². The molecule has 3 nitrogen and oxygen atoms in total. The summed E-state index contributed by atoms with van der Waals surface area (Å²) < 4.78 is 5.30. The predicted molar refractivity (Wildman–Crippen MR) is 74.6 cm³/mol. The van der Waals surface area contributed by atoms with Gasteiger partial charge in [-0.1, -0.05) is 24.4 Å². The van der Waals surface area contributed by atoms with E-state index in [9.17, 15) is 5.11 Å². The largest absolute Gasteiger partial charge is 0.495 e. The molecule has 0 bridgehead atoms. The van der Waals surface area contributed by atoms with Gasteiger partial charge in [-0.25, -0.2) is 0 Å². The highest BCUT2D eigenvalue weighted by Gasteiger charge is 2.30. The molecule has 1 aromatic carbocycles. The van der Waals surface area contributed by atoms with Crippen molar-refractivity contribution >= 4 is 17.3 Å². The molecule has 18 heavy (non-hydrogen) atoms. The van der Waals surface area contributed by atoms with Gasteiger partial charge in [-0.3, -0.25) is 0 Å². The smallest absolute Gasteiger partial charge is 0.143 e. The molecule has 0 atom stereocenters. The molecule has 0 aromatic heterocycles. The quantitative estimate of drug-likeness (QED) is 0.881. The molecule has 1 fully saturated rings. The van der Waals surface area contributed by atoms with E-state index in [1.54, 1.807) is 13.2 Å². The second-order valence-electron chi connectivity index (χ2n) is 5.09. The van der Waals surface area contributed by atoms with Gasteiger partial charge in [0.05, 0.1) is 18.4 Å². The Morgan fingerprint density at radius 2 is 2.06 bits per heavy atom. The molecule has 4 heteroatoms. The third-order valence-electron chi connectivity index (χ3n) is 3.62. The minimum Gasteiger partial charge on any atom is -0.495 e. The van der Waals surface area contributed by atoms with Gasteiger partial charge in [-0.15, -0.1) is 0 Å². The topological polar surface area (TPSA) is 41.5 Å². The summed E-state index contributed by atoms with van der Waals surface area (Å²) in [6.07, 6.45) is 3.95. The lowest BCUT2D eigenvalue weighted by molar-refractivity contribution is 0.0614. The van der Waals surface area contributed by atoms with E-state index in [0.717, 1.165) is 36.9 Å². The molecule has 0 radical (unpaired) electrons. The van der Waals surface area contributed by atoms with Gasteiger partial charge in [0.1, 0.15) is 5.75 Å². The first-order valence-electron chi connectivity index (χ1n) is 6.34. The van der Waals surface area contributed by atoms with Crippen LogP contribution in [-0.2, 0) is 0 Å². The number of nitrogens with one attached hydrogen (secondary N) is 1. The van der Waals surface area contributed by atoms with Crippen molar-refractivity contribution in [2.75, 3.05) is 19.0 Å². The van der Waals surface area contributed by atoms with Crippen LogP contribution in [0.15, 0.2) is 12.1 Å². The second-order valence-corrected chi connectivity index (χ2v) is 5.49. The minimum absolute atomic E-state index is 0.560. The third kappa shape index (κ3) is 2.90. The number of hydrogen-bond donors (Lipinski definition) is 2. The zero-order valence-corrected chi connectivity index (χ0v) is 11.7. The normalized spacial score (nSPS) is 17.8. The molecular formula is C14H20ClNO2. The predicted octanol–water partition coefficient (Wildman–Crippen LogP) is 3.37. The SMILES string of the molecule is COc1cc(Cl)c(C)cc1NCC1(O)CCCC1. The maximum Gasteiger partial charge on any atom is 0.143 e. The standard InChI is InChI=1S/C14H20ClNO2/c1-10-7-12(13(18-2)8-11(10)15)16-9-14(17)5-3-4-6-14/h7-8,16-17H,3-6,9H2,1-2H3. The van der Waals surface area contributed by atoms with E-state index >= 15 is 0 Å². The van der Waals surface area contributed by atoms with Crippen LogP contribution >= 0.6 is 11.6 Å². The van der Waals surface area contributed by atoms with Crippen molar-refractivity contribution in [1.82, 2.24) is 0 Å². The van der Waals surface area contributed by atoms with Crippen LogP contribution in [-0.4, -0.2) is 24.4 Å². The Kier molecular flexibility index (Phi) is 4.03. The van der Waals surface area contributed by atoms with Gasteiger partial charge in [0.2, 0.25) is 0 Å². The lowest BCUT2D eigenvalue weighted by atomic mass is 10.0. The average molecular weight is 270 g/mol. The Bertz CT molecular complexity index is 428. The van der Waals surface area contributed by atoms with Crippen molar-refractivity contribution < 1.29 is 9.84 Å². The van der Waals surface area contributed by atoms with Crippen LogP contribution in [0.1, 0.15) is 31.2 Å². The number of ether oxygens (including phenoxy) is 1. The van der Waals surface area contributed by atoms with E-state index in [-0.39, 0.29) is 0 Å². The summed E-state index contributed by atoms with van der Waals surface area (Å²) in [5.41, 5.74) is 1.32. The first-order valence-corrected chi connectivity index (χ1v) is 6.72. The monoisotopic (exact) mass is 269 g/mol. The van der Waals surface area contributed by atoms with Crippen molar-refractivity contribution in [3.05, 3.63) is 22.7 Å². The fourth-order valence-corrected chi connectivity index (χ4v) is 2.59. The van der Waals surface area contributed by atoms with E-state index < -0.39 is 5.60 Å². The summed E-state index contributed by atoms with van der Waals surface area (Å²) in [6.45, 7) is 2.52. The zero-order valence-electron chi connectivity index (χ0n) is 10.9. The summed E-state index contributed by atoms with van der Waals surface area (Å²) in [4.78, 5) is 0. The van der Waals surface area contributed by atoms with E-state index in [1.807, 2.05) is 13.0 Å². The van der Waals surface area contributed by atoms with Crippen molar-refractivity contribution in [2.24, 2.45) is 0 Å². The number of halogens is 1. The fourth-order valence-electron chi connectivity index (χ4n) is 2.44. The second kappa shape index (κ2) is 5.37. The molecule has 0 saturated heterocycles. The van der Waals surface area contributed by atoms with E-state index in [2.05, 4.69) is 5.32 Å². The number of aliphatic hydroxyl groups is 1. The summed E-state index contributed by atoms with van der Waals surface area (Å²) >= 11 is 6.06. The van der Waals surface area contributed by atoms with Crippen molar-refractivity contribution in [2.45, 2.75) is 38.2 Å². The van der Waals surface area contributed by atoms with Gasteiger partial charge in [-0.2, -0.15) is 0 Å². The highest BCUT2D eigenvalue weighted by atomic mass is 35.5. The Morgan fingerprint density at radius 1 is 1.39 bits per heavy atom. The van der Waals surface area contributed by atoms with Gasteiger partial charge in [0.25, 0.3) is 0 Å². The van der Waals surface area contributed by atoms with Crippen LogP contribution in [0, 0.1) is 6.92 Å². The molecule has 1 aliphatic carbocycles. The highest BCUT2D eigenvalue weighted by molar-refractivity contribution is 6.31. The molecular weight excluding hydrogens is 250 g/mol. The molecule has 0 spiro atoms. The molecule has 0 unspecified atom stereocenters.